The van der Waals surface area contributed by atoms with Crippen LogP contribution in [0, 0.1) is 5.92 Å². The Kier molecular flexibility index (Phi) is 5.47. The second kappa shape index (κ2) is 7.58. The fourth-order valence-electron chi connectivity index (χ4n) is 2.88. The predicted octanol–water partition coefficient (Wildman–Crippen LogP) is 3.18. The lowest BCUT2D eigenvalue weighted by atomic mass is 10.1. The van der Waals surface area contributed by atoms with Crippen LogP contribution in [0.15, 0.2) is 29.8 Å². The van der Waals surface area contributed by atoms with Crippen LogP contribution in [0.4, 0.5) is 13.2 Å². The first-order chi connectivity index (χ1) is 11.5. The van der Waals surface area contributed by atoms with Gasteiger partial charge in [-0.25, -0.2) is 4.98 Å². The van der Waals surface area contributed by atoms with Crippen molar-refractivity contribution in [3.8, 4) is 10.7 Å². The number of aromatic nitrogens is 2. The van der Waals surface area contributed by atoms with Gasteiger partial charge in [-0.1, -0.05) is 6.07 Å². The number of hydrogen-bond donors (Lipinski definition) is 1. The van der Waals surface area contributed by atoms with E-state index in [9.17, 15) is 13.2 Å². The third-order valence-electron chi connectivity index (χ3n) is 3.95. The summed E-state index contributed by atoms with van der Waals surface area (Å²) in [7, 11) is 0. The summed E-state index contributed by atoms with van der Waals surface area (Å²) >= 11 is 1.55. The Balaban J connectivity index is 1.42. The molecule has 24 heavy (non-hydrogen) atoms. The Hall–Kier alpha value is -1.51. The Morgan fingerprint density at radius 2 is 2.21 bits per heavy atom. The molecule has 8 heteroatoms. The summed E-state index contributed by atoms with van der Waals surface area (Å²) in [4.78, 5) is 10.3. The first kappa shape index (κ1) is 17.3. The molecule has 1 unspecified atom stereocenters. The van der Waals surface area contributed by atoms with Crippen LogP contribution in [0.5, 0.6) is 0 Å². The molecule has 1 N–H and O–H groups in total. The van der Waals surface area contributed by atoms with E-state index in [0.29, 0.717) is 26.2 Å². The zero-order chi connectivity index (χ0) is 17.0. The molecule has 0 aliphatic carbocycles. The van der Waals surface area contributed by atoms with Crippen LogP contribution in [0.2, 0.25) is 0 Å². The highest BCUT2D eigenvalue weighted by atomic mass is 32.1. The van der Waals surface area contributed by atoms with Gasteiger partial charge in [0.2, 0.25) is 0 Å². The SMILES string of the molecule is FC(F)(F)CN1CCC(CNCc2csc(-c3ccccn3)n2)C1. The summed E-state index contributed by atoms with van der Waals surface area (Å²) in [5.74, 6) is 0.265. The van der Waals surface area contributed by atoms with Crippen molar-refractivity contribution in [3.63, 3.8) is 0 Å². The first-order valence-corrected chi connectivity index (χ1v) is 8.73. The number of alkyl halides is 3. The lowest BCUT2D eigenvalue weighted by Crippen LogP contribution is -2.33. The van der Waals surface area contributed by atoms with Crippen molar-refractivity contribution in [2.24, 2.45) is 5.92 Å². The minimum atomic E-state index is -4.11. The van der Waals surface area contributed by atoms with Crippen molar-refractivity contribution in [1.82, 2.24) is 20.2 Å². The highest BCUT2D eigenvalue weighted by molar-refractivity contribution is 7.13. The number of pyridine rings is 1. The van der Waals surface area contributed by atoms with E-state index in [1.807, 2.05) is 23.6 Å². The maximum atomic E-state index is 12.4. The van der Waals surface area contributed by atoms with Crippen LogP contribution < -0.4 is 5.32 Å². The van der Waals surface area contributed by atoms with Crippen LogP contribution in [-0.4, -0.2) is 47.2 Å². The Labute approximate surface area is 142 Å². The minimum absolute atomic E-state index is 0.265. The third kappa shape index (κ3) is 4.99. The molecular weight excluding hydrogens is 337 g/mol. The molecule has 0 amide bonds. The quantitative estimate of drug-likeness (QED) is 0.863. The number of halogens is 3. The predicted molar refractivity (Wildman–Crippen MR) is 87.7 cm³/mol. The molecule has 0 radical (unpaired) electrons. The van der Waals surface area contributed by atoms with Gasteiger partial charge < -0.3 is 5.32 Å². The summed E-state index contributed by atoms with van der Waals surface area (Å²) in [6, 6.07) is 5.71. The average Bonchev–Trinajstić information content (AvgIpc) is 3.16. The van der Waals surface area contributed by atoms with Crippen molar-refractivity contribution < 1.29 is 13.2 Å². The Bertz CT molecular complexity index is 644. The number of likely N-dealkylation sites (tertiary alicyclic amines) is 1. The second-order valence-electron chi connectivity index (χ2n) is 5.99. The van der Waals surface area contributed by atoms with Crippen LogP contribution in [-0.2, 0) is 6.54 Å². The number of nitrogens with zero attached hydrogens (tertiary/aromatic N) is 3. The highest BCUT2D eigenvalue weighted by Crippen LogP contribution is 2.23. The number of thiazole rings is 1. The van der Waals surface area contributed by atoms with Crippen LogP contribution in [0.25, 0.3) is 10.7 Å². The van der Waals surface area contributed by atoms with E-state index >= 15 is 0 Å². The van der Waals surface area contributed by atoms with Gasteiger partial charge in [-0.05, 0) is 37.6 Å². The standard InChI is InChI=1S/C16H19F3N4S/c17-16(18,19)11-23-6-4-12(9-23)7-20-8-13-10-24-15(22-13)14-3-1-2-5-21-14/h1-3,5,10,12,20H,4,6-9,11H2. The lowest BCUT2D eigenvalue weighted by Gasteiger charge is -2.17. The molecule has 3 heterocycles. The maximum Gasteiger partial charge on any atom is 0.401 e. The van der Waals surface area contributed by atoms with Gasteiger partial charge in [0, 0.05) is 24.7 Å². The summed E-state index contributed by atoms with van der Waals surface area (Å²) in [6.07, 6.45) is -1.56. The normalized spacial score (nSPS) is 19.0. The molecule has 1 aliphatic heterocycles. The van der Waals surface area contributed by atoms with Gasteiger partial charge >= 0.3 is 6.18 Å². The molecule has 0 bridgehead atoms. The maximum absolute atomic E-state index is 12.4. The molecule has 1 atom stereocenters. The van der Waals surface area contributed by atoms with Gasteiger partial charge in [0.05, 0.1) is 17.9 Å². The molecule has 4 nitrogen and oxygen atoms in total. The molecule has 2 aromatic heterocycles. The molecule has 0 saturated carbocycles. The minimum Gasteiger partial charge on any atom is -0.311 e. The molecule has 130 valence electrons. The summed E-state index contributed by atoms with van der Waals surface area (Å²) in [5.41, 5.74) is 1.79. The van der Waals surface area contributed by atoms with Gasteiger partial charge in [0.1, 0.15) is 5.01 Å². The van der Waals surface area contributed by atoms with E-state index in [2.05, 4.69) is 15.3 Å². The van der Waals surface area contributed by atoms with Gasteiger partial charge in [-0.2, -0.15) is 13.2 Å². The van der Waals surface area contributed by atoms with Crippen LogP contribution in [0.3, 0.4) is 0 Å². The number of hydrogen-bond acceptors (Lipinski definition) is 5. The van der Waals surface area contributed by atoms with Gasteiger partial charge in [-0.3, -0.25) is 9.88 Å². The molecule has 2 aromatic rings. The molecular formula is C16H19F3N4S. The molecule has 1 aliphatic rings. The first-order valence-electron chi connectivity index (χ1n) is 7.85. The fraction of sp³-hybridized carbons (Fsp3) is 0.500. The molecule has 0 spiro atoms. The van der Waals surface area contributed by atoms with Crippen LogP contribution >= 0.6 is 11.3 Å². The topological polar surface area (TPSA) is 41.0 Å². The molecule has 0 aromatic carbocycles. The van der Waals surface area contributed by atoms with E-state index < -0.39 is 12.7 Å². The van der Waals surface area contributed by atoms with Gasteiger partial charge in [0.15, 0.2) is 0 Å². The molecule has 3 rings (SSSR count). The van der Waals surface area contributed by atoms with Crippen LogP contribution in [0.1, 0.15) is 12.1 Å². The van der Waals surface area contributed by atoms with Gasteiger partial charge in [0.25, 0.3) is 0 Å². The van der Waals surface area contributed by atoms with Crippen molar-refractivity contribution in [2.45, 2.75) is 19.1 Å². The summed E-state index contributed by atoms with van der Waals surface area (Å²) in [5, 5.41) is 6.17. The summed E-state index contributed by atoms with van der Waals surface area (Å²) in [6.45, 7) is 1.56. The van der Waals surface area contributed by atoms with Crippen molar-refractivity contribution in [2.75, 3.05) is 26.2 Å². The Morgan fingerprint density at radius 3 is 2.96 bits per heavy atom. The van der Waals surface area contributed by atoms with Crippen molar-refractivity contribution in [1.29, 1.82) is 0 Å². The zero-order valence-corrected chi connectivity index (χ0v) is 13.9. The Morgan fingerprint density at radius 1 is 1.33 bits per heavy atom. The van der Waals surface area contributed by atoms with Crippen molar-refractivity contribution in [3.05, 3.63) is 35.5 Å². The monoisotopic (exact) mass is 356 g/mol. The van der Waals surface area contributed by atoms with E-state index in [1.54, 1.807) is 17.5 Å². The van der Waals surface area contributed by atoms with E-state index in [1.165, 1.54) is 4.90 Å². The number of rotatable bonds is 6. The van der Waals surface area contributed by atoms with E-state index in [0.717, 1.165) is 22.8 Å². The average molecular weight is 356 g/mol. The molecule has 1 saturated heterocycles. The largest absolute Gasteiger partial charge is 0.401 e. The number of nitrogens with one attached hydrogen (secondary N) is 1. The molecule has 1 fully saturated rings. The van der Waals surface area contributed by atoms with E-state index in [-0.39, 0.29) is 5.92 Å². The third-order valence-corrected chi connectivity index (χ3v) is 4.86. The fourth-order valence-corrected chi connectivity index (χ4v) is 3.67. The smallest absolute Gasteiger partial charge is 0.311 e. The van der Waals surface area contributed by atoms with E-state index in [4.69, 9.17) is 0 Å². The second-order valence-corrected chi connectivity index (χ2v) is 6.85. The highest BCUT2D eigenvalue weighted by Gasteiger charge is 2.34. The van der Waals surface area contributed by atoms with Crippen molar-refractivity contribution >= 4 is 11.3 Å². The summed E-state index contributed by atoms with van der Waals surface area (Å²) < 4.78 is 37.1. The lowest BCUT2D eigenvalue weighted by molar-refractivity contribution is -0.143. The zero-order valence-electron chi connectivity index (χ0n) is 13.1. The van der Waals surface area contributed by atoms with Gasteiger partial charge in [-0.15, -0.1) is 11.3 Å².